The van der Waals surface area contributed by atoms with Crippen molar-refractivity contribution in [1.29, 1.82) is 0 Å². The summed E-state index contributed by atoms with van der Waals surface area (Å²) in [5, 5.41) is 2.80. The van der Waals surface area contributed by atoms with Crippen LogP contribution >= 0.6 is 0 Å². The lowest BCUT2D eigenvalue weighted by atomic mass is 10.1. The van der Waals surface area contributed by atoms with Crippen LogP contribution in [-0.2, 0) is 14.3 Å². The van der Waals surface area contributed by atoms with Crippen LogP contribution in [0.25, 0.3) is 0 Å². The predicted octanol–water partition coefficient (Wildman–Crippen LogP) is 6.87. The molecule has 0 rings (SSSR count). The SMILES string of the molecule is CCCCCCCCC=CCCCCCCCC(=O)NCCC(=O)OCCCC. The topological polar surface area (TPSA) is 55.4 Å². The highest BCUT2D eigenvalue weighted by Crippen LogP contribution is 2.10. The van der Waals surface area contributed by atoms with Crippen LogP contribution in [0.5, 0.6) is 0 Å². The number of carbonyl (C=O) groups excluding carboxylic acids is 2. The number of nitrogens with one attached hydrogen (secondary N) is 1. The molecular formula is C25H47NO3. The number of unbranched alkanes of at least 4 members (excludes halogenated alkanes) is 12. The van der Waals surface area contributed by atoms with Gasteiger partial charge in [-0.1, -0.05) is 83.8 Å². The minimum Gasteiger partial charge on any atom is -0.466 e. The fourth-order valence-corrected chi connectivity index (χ4v) is 3.15. The maximum absolute atomic E-state index is 11.7. The highest BCUT2D eigenvalue weighted by Gasteiger charge is 2.05. The summed E-state index contributed by atoms with van der Waals surface area (Å²) in [7, 11) is 0. The van der Waals surface area contributed by atoms with Crippen molar-refractivity contribution in [3.63, 3.8) is 0 Å². The second kappa shape index (κ2) is 23.0. The molecule has 0 aliphatic heterocycles. The molecule has 0 aromatic carbocycles. The van der Waals surface area contributed by atoms with Crippen molar-refractivity contribution in [2.45, 2.75) is 123 Å². The zero-order valence-corrected chi connectivity index (χ0v) is 19.3. The largest absolute Gasteiger partial charge is 0.466 e. The van der Waals surface area contributed by atoms with Crippen LogP contribution in [0.4, 0.5) is 0 Å². The Morgan fingerprint density at radius 1 is 0.690 bits per heavy atom. The zero-order valence-electron chi connectivity index (χ0n) is 19.3. The number of rotatable bonds is 21. The quantitative estimate of drug-likeness (QED) is 0.128. The summed E-state index contributed by atoms with van der Waals surface area (Å²) in [5.41, 5.74) is 0. The molecule has 0 unspecified atom stereocenters. The molecule has 0 aromatic rings. The lowest BCUT2D eigenvalue weighted by Crippen LogP contribution is -2.26. The highest BCUT2D eigenvalue weighted by molar-refractivity contribution is 5.76. The standard InChI is InChI=1S/C25H47NO3/c1-3-5-7-8-9-10-11-12-13-14-15-16-17-18-19-20-24(27)26-22-21-25(28)29-23-6-4-2/h12-13H,3-11,14-23H2,1-2H3,(H,26,27). The normalized spacial score (nSPS) is 11.1. The fraction of sp³-hybridized carbons (Fsp3) is 0.840. The molecule has 0 atom stereocenters. The molecule has 0 fully saturated rings. The molecule has 0 aliphatic rings. The van der Waals surface area contributed by atoms with Gasteiger partial charge in [0.05, 0.1) is 13.0 Å². The maximum atomic E-state index is 11.7. The van der Waals surface area contributed by atoms with Gasteiger partial charge in [-0.3, -0.25) is 9.59 Å². The second-order valence-corrected chi connectivity index (χ2v) is 8.01. The molecule has 0 saturated carbocycles. The van der Waals surface area contributed by atoms with E-state index in [0.717, 1.165) is 25.7 Å². The highest BCUT2D eigenvalue weighted by atomic mass is 16.5. The van der Waals surface area contributed by atoms with E-state index in [9.17, 15) is 9.59 Å². The summed E-state index contributed by atoms with van der Waals surface area (Å²) in [6.07, 6.45) is 23.8. The molecule has 0 radical (unpaired) electrons. The van der Waals surface area contributed by atoms with Crippen LogP contribution in [0, 0.1) is 0 Å². The van der Waals surface area contributed by atoms with Crippen LogP contribution in [0.3, 0.4) is 0 Å². The van der Waals surface area contributed by atoms with Gasteiger partial charge in [-0.05, 0) is 38.5 Å². The molecule has 0 saturated heterocycles. The van der Waals surface area contributed by atoms with Gasteiger partial charge in [0, 0.05) is 13.0 Å². The molecule has 1 N–H and O–H groups in total. The molecule has 0 spiro atoms. The number of esters is 1. The third kappa shape index (κ3) is 22.8. The van der Waals surface area contributed by atoms with E-state index in [1.54, 1.807) is 0 Å². The fourth-order valence-electron chi connectivity index (χ4n) is 3.15. The van der Waals surface area contributed by atoms with Crippen LogP contribution in [0.2, 0.25) is 0 Å². The van der Waals surface area contributed by atoms with Crippen molar-refractivity contribution >= 4 is 11.9 Å². The van der Waals surface area contributed by atoms with Crippen molar-refractivity contribution in [3.05, 3.63) is 12.2 Å². The van der Waals surface area contributed by atoms with E-state index < -0.39 is 0 Å². The molecule has 1 amide bonds. The van der Waals surface area contributed by atoms with Gasteiger partial charge in [0.2, 0.25) is 5.91 Å². The molecule has 4 heteroatoms. The van der Waals surface area contributed by atoms with Crippen molar-refractivity contribution in [3.8, 4) is 0 Å². The molecule has 0 aromatic heterocycles. The third-order valence-corrected chi connectivity index (χ3v) is 5.08. The smallest absolute Gasteiger partial charge is 0.307 e. The number of carbonyl (C=O) groups is 2. The van der Waals surface area contributed by atoms with Crippen molar-refractivity contribution in [1.82, 2.24) is 5.32 Å². The Bertz CT molecular complexity index is 407. The Morgan fingerprint density at radius 2 is 1.24 bits per heavy atom. The van der Waals surface area contributed by atoms with Gasteiger partial charge in [0.25, 0.3) is 0 Å². The zero-order chi connectivity index (χ0) is 21.4. The van der Waals surface area contributed by atoms with Crippen molar-refractivity contribution < 1.29 is 14.3 Å². The van der Waals surface area contributed by atoms with Gasteiger partial charge in [0.15, 0.2) is 0 Å². The van der Waals surface area contributed by atoms with E-state index in [1.807, 2.05) is 0 Å². The minimum absolute atomic E-state index is 0.0454. The van der Waals surface area contributed by atoms with Crippen LogP contribution in [0.1, 0.15) is 123 Å². The van der Waals surface area contributed by atoms with Crippen molar-refractivity contribution in [2.75, 3.05) is 13.2 Å². The summed E-state index contributed by atoms with van der Waals surface area (Å²) in [4.78, 5) is 23.2. The summed E-state index contributed by atoms with van der Waals surface area (Å²) in [6, 6.07) is 0. The van der Waals surface area contributed by atoms with Crippen molar-refractivity contribution in [2.24, 2.45) is 0 Å². The van der Waals surface area contributed by atoms with Gasteiger partial charge in [-0.25, -0.2) is 0 Å². The average Bonchev–Trinajstić information content (AvgIpc) is 2.71. The maximum Gasteiger partial charge on any atom is 0.307 e. The second-order valence-electron chi connectivity index (χ2n) is 8.01. The Labute approximate surface area is 180 Å². The van der Waals surface area contributed by atoms with Crippen LogP contribution < -0.4 is 5.32 Å². The summed E-state index contributed by atoms with van der Waals surface area (Å²) >= 11 is 0. The first-order valence-electron chi connectivity index (χ1n) is 12.3. The van der Waals surface area contributed by atoms with Gasteiger partial charge in [0.1, 0.15) is 0 Å². The summed E-state index contributed by atoms with van der Waals surface area (Å²) in [6.45, 7) is 5.19. The lowest BCUT2D eigenvalue weighted by Gasteiger charge is -2.06. The average molecular weight is 410 g/mol. The summed E-state index contributed by atoms with van der Waals surface area (Å²) in [5.74, 6) is -0.177. The monoisotopic (exact) mass is 409 g/mol. The van der Waals surface area contributed by atoms with Gasteiger partial charge < -0.3 is 10.1 Å². The van der Waals surface area contributed by atoms with Gasteiger partial charge >= 0.3 is 5.97 Å². The van der Waals surface area contributed by atoms with E-state index in [-0.39, 0.29) is 18.3 Å². The molecule has 0 heterocycles. The van der Waals surface area contributed by atoms with E-state index in [0.29, 0.717) is 19.6 Å². The van der Waals surface area contributed by atoms with Crippen LogP contribution in [0.15, 0.2) is 12.2 Å². The number of hydrogen-bond donors (Lipinski definition) is 1. The Morgan fingerprint density at radius 3 is 1.86 bits per heavy atom. The molecule has 0 aliphatic carbocycles. The molecule has 29 heavy (non-hydrogen) atoms. The third-order valence-electron chi connectivity index (χ3n) is 5.08. The number of allylic oxidation sites excluding steroid dienone is 2. The van der Waals surface area contributed by atoms with E-state index >= 15 is 0 Å². The Hall–Kier alpha value is -1.32. The Balaban J connectivity index is 3.30. The number of ether oxygens (including phenoxy) is 1. The predicted molar refractivity (Wildman–Crippen MR) is 123 cm³/mol. The van der Waals surface area contributed by atoms with E-state index in [1.165, 1.54) is 70.6 Å². The number of hydrogen-bond acceptors (Lipinski definition) is 3. The molecule has 170 valence electrons. The van der Waals surface area contributed by atoms with E-state index in [2.05, 4.69) is 31.3 Å². The summed E-state index contributed by atoms with van der Waals surface area (Å²) < 4.78 is 5.06. The molecular weight excluding hydrogens is 362 g/mol. The molecule has 4 nitrogen and oxygen atoms in total. The van der Waals surface area contributed by atoms with Gasteiger partial charge in [-0.15, -0.1) is 0 Å². The van der Waals surface area contributed by atoms with Gasteiger partial charge in [-0.2, -0.15) is 0 Å². The first kappa shape index (κ1) is 27.7. The van der Waals surface area contributed by atoms with Crippen LogP contribution in [-0.4, -0.2) is 25.0 Å². The Kier molecular flexibility index (Phi) is 21.9. The first-order chi connectivity index (χ1) is 14.2. The lowest BCUT2D eigenvalue weighted by molar-refractivity contribution is -0.143. The minimum atomic E-state index is -0.222. The molecule has 0 bridgehead atoms. The van der Waals surface area contributed by atoms with E-state index in [4.69, 9.17) is 4.74 Å². The number of amides is 1. The first-order valence-corrected chi connectivity index (χ1v) is 12.3.